The number of fused-ring (bicyclic) bond motifs is 1. The molecular weight excluding hydrogens is 538 g/mol. The van der Waals surface area contributed by atoms with Crippen LogP contribution < -0.4 is 10.2 Å². The Morgan fingerprint density at radius 3 is 2.39 bits per heavy atom. The molecule has 1 saturated heterocycles. The van der Waals surface area contributed by atoms with Gasteiger partial charge >= 0.3 is 6.09 Å². The summed E-state index contributed by atoms with van der Waals surface area (Å²) in [6, 6.07) is 16.1. The number of ether oxygens (including phenoxy) is 1. The van der Waals surface area contributed by atoms with E-state index >= 15 is 0 Å². The maximum atomic E-state index is 12.5. The molecule has 0 unspecified atom stereocenters. The molecule has 2 N–H and O–H groups in total. The number of pyridine rings is 1. The van der Waals surface area contributed by atoms with E-state index in [4.69, 9.17) is 16.3 Å². The molecule has 1 aliphatic rings. The number of amides is 2. The highest BCUT2D eigenvalue weighted by molar-refractivity contribution is 6.36. The van der Waals surface area contributed by atoms with Crippen LogP contribution in [0.5, 0.6) is 0 Å². The van der Waals surface area contributed by atoms with Crippen molar-refractivity contribution in [2.24, 2.45) is 0 Å². The number of carbonyl (C=O) groups is 2. The van der Waals surface area contributed by atoms with E-state index in [1.54, 1.807) is 17.2 Å². The number of H-pyrrole nitrogens is 1. The summed E-state index contributed by atoms with van der Waals surface area (Å²) in [4.78, 5) is 36.5. The van der Waals surface area contributed by atoms with Gasteiger partial charge in [0, 0.05) is 54.7 Å². The normalized spacial score (nSPS) is 13.8. The third-order valence-corrected chi connectivity index (χ3v) is 7.38. The van der Waals surface area contributed by atoms with Gasteiger partial charge in [-0.05, 0) is 74.7 Å². The van der Waals surface area contributed by atoms with E-state index in [1.165, 1.54) is 6.08 Å². The van der Waals surface area contributed by atoms with Crippen LogP contribution in [0, 0.1) is 6.92 Å². The molecule has 9 heteroatoms. The molecule has 2 aromatic carbocycles. The molecule has 0 spiro atoms. The van der Waals surface area contributed by atoms with E-state index < -0.39 is 5.60 Å². The van der Waals surface area contributed by atoms with Crippen molar-refractivity contribution < 1.29 is 14.3 Å². The highest BCUT2D eigenvalue weighted by atomic mass is 35.5. The zero-order chi connectivity index (χ0) is 29.3. The van der Waals surface area contributed by atoms with E-state index in [1.807, 2.05) is 45.9 Å². The molecule has 4 aromatic rings. The lowest BCUT2D eigenvalue weighted by atomic mass is 9.97. The van der Waals surface area contributed by atoms with Gasteiger partial charge in [0.05, 0.1) is 10.7 Å². The van der Waals surface area contributed by atoms with E-state index in [0.717, 1.165) is 52.1 Å². The lowest BCUT2D eigenvalue weighted by molar-refractivity contribution is -0.111. The number of aryl methyl sites for hydroxylation is 1. The average Bonchev–Trinajstić information content (AvgIpc) is 3.34. The van der Waals surface area contributed by atoms with Crippen molar-refractivity contribution in [3.05, 3.63) is 78.0 Å². The fourth-order valence-corrected chi connectivity index (χ4v) is 5.23. The minimum atomic E-state index is -0.509. The van der Waals surface area contributed by atoms with Crippen LogP contribution in [0.2, 0.25) is 5.02 Å². The second kappa shape index (κ2) is 11.3. The zero-order valence-corrected chi connectivity index (χ0v) is 24.5. The molecule has 5 rings (SSSR count). The van der Waals surface area contributed by atoms with Crippen LogP contribution in [0.1, 0.15) is 26.3 Å². The molecule has 41 heavy (non-hydrogen) atoms. The Balaban J connectivity index is 1.45. The van der Waals surface area contributed by atoms with Gasteiger partial charge in [-0.2, -0.15) is 0 Å². The number of hydrogen-bond acceptors (Lipinski definition) is 5. The van der Waals surface area contributed by atoms with Crippen LogP contribution in [0.3, 0.4) is 0 Å². The Labute approximate surface area is 245 Å². The van der Waals surface area contributed by atoms with Crippen molar-refractivity contribution in [1.29, 1.82) is 0 Å². The number of hydrogen-bond donors (Lipinski definition) is 2. The Kier molecular flexibility index (Phi) is 7.78. The highest BCUT2D eigenvalue weighted by Crippen LogP contribution is 2.42. The van der Waals surface area contributed by atoms with Crippen LogP contribution in [-0.2, 0) is 9.53 Å². The molecule has 2 aromatic heterocycles. The highest BCUT2D eigenvalue weighted by Gasteiger charge is 2.26. The summed E-state index contributed by atoms with van der Waals surface area (Å²) in [6.45, 7) is 13.8. The Morgan fingerprint density at radius 1 is 1.05 bits per heavy atom. The summed E-state index contributed by atoms with van der Waals surface area (Å²) in [5, 5.41) is 4.30. The van der Waals surface area contributed by atoms with Crippen LogP contribution in [0.25, 0.3) is 33.4 Å². The largest absolute Gasteiger partial charge is 0.444 e. The second-order valence-electron chi connectivity index (χ2n) is 11.1. The summed E-state index contributed by atoms with van der Waals surface area (Å²) in [6.07, 6.45) is 2.66. The summed E-state index contributed by atoms with van der Waals surface area (Å²) in [7, 11) is 0. The first kappa shape index (κ1) is 28.2. The van der Waals surface area contributed by atoms with Gasteiger partial charge in [0.1, 0.15) is 11.2 Å². The Morgan fingerprint density at radius 2 is 1.73 bits per heavy atom. The predicted octanol–water partition coefficient (Wildman–Crippen LogP) is 7.04. The van der Waals surface area contributed by atoms with Crippen LogP contribution in [-0.4, -0.2) is 58.6 Å². The maximum absolute atomic E-state index is 12.5. The topological polar surface area (TPSA) is 90.6 Å². The van der Waals surface area contributed by atoms with E-state index in [-0.39, 0.29) is 12.0 Å². The molecule has 1 aliphatic heterocycles. The molecule has 1 fully saturated rings. The first-order valence-corrected chi connectivity index (χ1v) is 14.0. The predicted molar refractivity (Wildman–Crippen MR) is 166 cm³/mol. The number of halogens is 1. The maximum Gasteiger partial charge on any atom is 0.410 e. The number of carbonyl (C=O) groups excluding carboxylic acids is 2. The molecule has 8 nitrogen and oxygen atoms in total. The van der Waals surface area contributed by atoms with Crippen molar-refractivity contribution in [1.82, 2.24) is 14.9 Å². The smallest absolute Gasteiger partial charge is 0.410 e. The van der Waals surface area contributed by atoms with E-state index in [9.17, 15) is 9.59 Å². The summed E-state index contributed by atoms with van der Waals surface area (Å²) in [5.41, 5.74) is 6.55. The Bertz CT molecular complexity index is 1610. The summed E-state index contributed by atoms with van der Waals surface area (Å²) >= 11 is 6.70. The van der Waals surface area contributed by atoms with Crippen molar-refractivity contribution in [3.63, 3.8) is 0 Å². The molecule has 0 radical (unpaired) electrons. The molecule has 212 valence electrons. The lowest BCUT2D eigenvalue weighted by Gasteiger charge is -2.36. The van der Waals surface area contributed by atoms with Gasteiger partial charge in [0.2, 0.25) is 5.91 Å². The molecular formula is C32H34ClN5O3. The third-order valence-electron chi connectivity index (χ3n) is 7.07. The van der Waals surface area contributed by atoms with Gasteiger partial charge in [0.15, 0.2) is 0 Å². The number of nitrogens with zero attached hydrogens (tertiary/aromatic N) is 3. The SMILES string of the molecule is C=CC(=O)Nc1cc(-c2c(-c3ccc(N4CCN(C(=O)OC(C)(C)C)CC4)cc3)[nH]c3nccc(Cl)c23)ccc1C. The van der Waals surface area contributed by atoms with E-state index in [0.29, 0.717) is 29.4 Å². The van der Waals surface area contributed by atoms with Crippen molar-refractivity contribution in [2.45, 2.75) is 33.3 Å². The fourth-order valence-electron chi connectivity index (χ4n) is 4.99. The molecule has 2 amide bonds. The first-order chi connectivity index (χ1) is 19.5. The second-order valence-corrected chi connectivity index (χ2v) is 11.5. The third kappa shape index (κ3) is 6.07. The van der Waals surface area contributed by atoms with Crippen molar-refractivity contribution >= 4 is 46.0 Å². The zero-order valence-electron chi connectivity index (χ0n) is 23.8. The van der Waals surface area contributed by atoms with E-state index in [2.05, 4.69) is 51.0 Å². The summed E-state index contributed by atoms with van der Waals surface area (Å²) < 4.78 is 5.53. The lowest BCUT2D eigenvalue weighted by Crippen LogP contribution is -2.50. The molecule has 3 heterocycles. The van der Waals surface area contributed by atoms with Gasteiger partial charge in [-0.25, -0.2) is 9.78 Å². The molecule has 0 atom stereocenters. The number of piperazine rings is 1. The minimum absolute atomic E-state index is 0.269. The first-order valence-electron chi connectivity index (χ1n) is 13.6. The van der Waals surface area contributed by atoms with Crippen molar-refractivity contribution in [3.8, 4) is 22.4 Å². The van der Waals surface area contributed by atoms with Gasteiger partial charge in [0.25, 0.3) is 0 Å². The van der Waals surface area contributed by atoms with Gasteiger partial charge in [-0.3, -0.25) is 4.79 Å². The number of rotatable bonds is 5. The van der Waals surface area contributed by atoms with Crippen LogP contribution in [0.4, 0.5) is 16.2 Å². The van der Waals surface area contributed by atoms with Gasteiger partial charge in [-0.15, -0.1) is 0 Å². The number of nitrogens with one attached hydrogen (secondary N) is 2. The van der Waals surface area contributed by atoms with Crippen LogP contribution in [0.15, 0.2) is 67.4 Å². The standard InChI is InChI=1S/C32H34ClN5O3/c1-6-26(39)35-25-19-22(8-7-20(25)2)27-28-24(33)13-14-34-30(28)36-29(27)21-9-11-23(12-10-21)37-15-17-38(18-16-37)31(40)41-32(3,4)5/h6-14,19H,1,15-18H2,2-5H3,(H,34,36)(H,35,39). The molecule has 0 saturated carbocycles. The number of aromatic nitrogens is 2. The van der Waals surface area contributed by atoms with Crippen LogP contribution >= 0.6 is 11.6 Å². The van der Waals surface area contributed by atoms with Gasteiger partial charge in [-0.1, -0.05) is 42.4 Å². The summed E-state index contributed by atoms with van der Waals surface area (Å²) in [5.74, 6) is -0.272. The average molecular weight is 572 g/mol. The Hall–Kier alpha value is -4.30. The minimum Gasteiger partial charge on any atom is -0.444 e. The number of anilines is 2. The molecule has 0 bridgehead atoms. The van der Waals surface area contributed by atoms with Crippen molar-refractivity contribution in [2.75, 3.05) is 36.4 Å². The quantitative estimate of drug-likeness (QED) is 0.251. The fraction of sp³-hybridized carbons (Fsp3) is 0.281. The number of benzene rings is 2. The molecule has 0 aliphatic carbocycles. The van der Waals surface area contributed by atoms with Gasteiger partial charge < -0.3 is 24.8 Å². The monoisotopic (exact) mass is 571 g/mol. The number of aromatic amines is 1.